The van der Waals surface area contributed by atoms with Crippen LogP contribution in [0.3, 0.4) is 0 Å². The van der Waals surface area contributed by atoms with Crippen LogP contribution in [0, 0.1) is 17.8 Å². The molecule has 1 saturated heterocycles. The van der Waals surface area contributed by atoms with Gasteiger partial charge in [-0.1, -0.05) is 57.5 Å². The standard InChI is InChI=1S/C24H40N2O2/c1-19(2)23-10-9-20(3)15-24(23)28-18-22(27)17-26-13-11-25(12-14-26)16-21-7-5-4-6-8-21/h4-8,19-20,22-24,27H,9-18H2,1-3H3/t20-,22-,23-,24-/m1/s1. The Balaban J connectivity index is 1.36. The quantitative estimate of drug-likeness (QED) is 0.738. The Hall–Kier alpha value is -0.940. The summed E-state index contributed by atoms with van der Waals surface area (Å²) in [6.07, 6.45) is 3.67. The molecule has 0 unspecified atom stereocenters. The highest BCUT2D eigenvalue weighted by atomic mass is 16.5. The highest BCUT2D eigenvalue weighted by Crippen LogP contribution is 2.35. The number of nitrogens with zero attached hydrogens (tertiary/aromatic N) is 2. The van der Waals surface area contributed by atoms with Crippen molar-refractivity contribution >= 4 is 0 Å². The number of aliphatic hydroxyl groups is 1. The summed E-state index contributed by atoms with van der Waals surface area (Å²) in [5.74, 6) is 2.05. The minimum Gasteiger partial charge on any atom is -0.389 e. The van der Waals surface area contributed by atoms with E-state index in [4.69, 9.17) is 4.74 Å². The van der Waals surface area contributed by atoms with Crippen molar-refractivity contribution in [2.24, 2.45) is 17.8 Å². The minimum atomic E-state index is -0.384. The normalized spacial score (nSPS) is 28.5. The van der Waals surface area contributed by atoms with E-state index in [-0.39, 0.29) is 6.10 Å². The van der Waals surface area contributed by atoms with E-state index >= 15 is 0 Å². The maximum atomic E-state index is 10.5. The lowest BCUT2D eigenvalue weighted by Gasteiger charge is -2.38. The van der Waals surface area contributed by atoms with Crippen molar-refractivity contribution in [2.45, 2.75) is 58.8 Å². The van der Waals surface area contributed by atoms with Gasteiger partial charge in [0.15, 0.2) is 0 Å². The molecule has 2 aliphatic rings. The first-order valence-corrected chi connectivity index (χ1v) is 11.3. The number of ether oxygens (including phenoxy) is 1. The number of aliphatic hydroxyl groups excluding tert-OH is 1. The summed E-state index contributed by atoms with van der Waals surface area (Å²) in [5, 5.41) is 10.5. The Labute approximate surface area is 171 Å². The van der Waals surface area contributed by atoms with E-state index < -0.39 is 0 Å². The molecule has 28 heavy (non-hydrogen) atoms. The monoisotopic (exact) mass is 388 g/mol. The third-order valence-electron chi connectivity index (χ3n) is 6.65. The SMILES string of the molecule is CC(C)[C@H]1CC[C@@H](C)C[C@H]1OC[C@H](O)CN1CCN(Cc2ccccc2)CC1. The molecule has 1 aliphatic carbocycles. The fourth-order valence-electron chi connectivity index (χ4n) is 4.86. The molecule has 1 aromatic carbocycles. The van der Waals surface area contributed by atoms with E-state index in [0.717, 1.165) is 51.6 Å². The van der Waals surface area contributed by atoms with Crippen molar-refractivity contribution in [3.63, 3.8) is 0 Å². The van der Waals surface area contributed by atoms with Crippen LogP contribution in [0.1, 0.15) is 45.6 Å². The lowest BCUT2D eigenvalue weighted by atomic mass is 9.75. The average Bonchev–Trinajstić information content (AvgIpc) is 2.68. The fraction of sp³-hybridized carbons (Fsp3) is 0.750. The molecule has 4 heteroatoms. The van der Waals surface area contributed by atoms with E-state index in [9.17, 15) is 5.11 Å². The molecule has 1 aliphatic heterocycles. The molecule has 1 N–H and O–H groups in total. The van der Waals surface area contributed by atoms with Gasteiger partial charge in [0, 0.05) is 39.3 Å². The van der Waals surface area contributed by atoms with Crippen LogP contribution < -0.4 is 0 Å². The zero-order chi connectivity index (χ0) is 19.9. The lowest BCUT2D eigenvalue weighted by Crippen LogP contribution is -2.49. The maximum Gasteiger partial charge on any atom is 0.0900 e. The van der Waals surface area contributed by atoms with Gasteiger partial charge in [0.1, 0.15) is 0 Å². The molecule has 3 rings (SSSR count). The Bertz CT molecular complexity index is 557. The van der Waals surface area contributed by atoms with E-state index in [1.54, 1.807) is 0 Å². The van der Waals surface area contributed by atoms with Crippen molar-refractivity contribution in [3.05, 3.63) is 35.9 Å². The second kappa shape index (κ2) is 10.7. The maximum absolute atomic E-state index is 10.5. The van der Waals surface area contributed by atoms with Crippen molar-refractivity contribution in [2.75, 3.05) is 39.3 Å². The van der Waals surface area contributed by atoms with Crippen molar-refractivity contribution < 1.29 is 9.84 Å². The van der Waals surface area contributed by atoms with Crippen molar-refractivity contribution in [3.8, 4) is 0 Å². The van der Waals surface area contributed by atoms with Gasteiger partial charge in [0.2, 0.25) is 0 Å². The largest absolute Gasteiger partial charge is 0.389 e. The van der Waals surface area contributed by atoms with Crippen LogP contribution in [0.2, 0.25) is 0 Å². The van der Waals surface area contributed by atoms with Gasteiger partial charge in [-0.15, -0.1) is 0 Å². The van der Waals surface area contributed by atoms with Crippen LogP contribution in [0.15, 0.2) is 30.3 Å². The first-order valence-electron chi connectivity index (χ1n) is 11.3. The molecule has 158 valence electrons. The summed E-state index contributed by atoms with van der Waals surface area (Å²) < 4.78 is 6.24. The Morgan fingerprint density at radius 1 is 1.04 bits per heavy atom. The smallest absolute Gasteiger partial charge is 0.0900 e. The molecule has 0 bridgehead atoms. The molecule has 0 radical (unpaired) electrons. The first kappa shape index (κ1) is 21.8. The predicted octanol–water partition coefficient (Wildman–Crippen LogP) is 3.64. The molecule has 4 atom stereocenters. The van der Waals surface area contributed by atoms with Crippen LogP contribution in [0.25, 0.3) is 0 Å². The van der Waals surface area contributed by atoms with Crippen molar-refractivity contribution in [1.82, 2.24) is 9.80 Å². The number of piperazine rings is 1. The Morgan fingerprint density at radius 2 is 1.71 bits per heavy atom. The summed E-state index contributed by atoms with van der Waals surface area (Å²) in [4.78, 5) is 4.89. The number of benzene rings is 1. The second-order valence-corrected chi connectivity index (χ2v) is 9.41. The average molecular weight is 389 g/mol. The second-order valence-electron chi connectivity index (χ2n) is 9.41. The molecule has 1 aromatic rings. The summed E-state index contributed by atoms with van der Waals surface area (Å²) in [6, 6.07) is 10.7. The number of rotatable bonds is 8. The predicted molar refractivity (Wildman–Crippen MR) is 115 cm³/mol. The van der Waals surface area contributed by atoms with Crippen LogP contribution in [0.4, 0.5) is 0 Å². The van der Waals surface area contributed by atoms with Gasteiger partial charge >= 0.3 is 0 Å². The minimum absolute atomic E-state index is 0.320. The van der Waals surface area contributed by atoms with Gasteiger partial charge in [-0.25, -0.2) is 0 Å². The first-order chi connectivity index (χ1) is 13.5. The molecule has 4 nitrogen and oxygen atoms in total. The number of hydrogen-bond acceptors (Lipinski definition) is 4. The lowest BCUT2D eigenvalue weighted by molar-refractivity contribution is -0.0755. The zero-order valence-electron chi connectivity index (χ0n) is 18.1. The van der Waals surface area contributed by atoms with Crippen LogP contribution in [-0.2, 0) is 11.3 Å². The summed E-state index contributed by atoms with van der Waals surface area (Å²) >= 11 is 0. The molecule has 2 fully saturated rings. The summed E-state index contributed by atoms with van der Waals surface area (Å²) in [5.41, 5.74) is 1.38. The highest BCUT2D eigenvalue weighted by Gasteiger charge is 2.32. The molecule has 0 spiro atoms. The van der Waals surface area contributed by atoms with Gasteiger partial charge in [-0.3, -0.25) is 9.80 Å². The number of hydrogen-bond donors (Lipinski definition) is 1. The van der Waals surface area contributed by atoms with E-state index in [2.05, 4.69) is 60.9 Å². The van der Waals surface area contributed by atoms with Gasteiger partial charge < -0.3 is 9.84 Å². The zero-order valence-corrected chi connectivity index (χ0v) is 18.1. The highest BCUT2D eigenvalue weighted by molar-refractivity contribution is 5.14. The fourth-order valence-corrected chi connectivity index (χ4v) is 4.86. The van der Waals surface area contributed by atoms with Gasteiger partial charge in [0.25, 0.3) is 0 Å². The van der Waals surface area contributed by atoms with E-state index in [1.807, 2.05) is 0 Å². The molecular weight excluding hydrogens is 348 g/mol. The Kier molecular flexibility index (Phi) is 8.34. The van der Waals surface area contributed by atoms with Gasteiger partial charge in [-0.05, 0) is 36.2 Å². The number of β-amino-alcohol motifs (C(OH)–C–C–N with tert-alkyl or cyclic N) is 1. The Morgan fingerprint density at radius 3 is 2.39 bits per heavy atom. The van der Waals surface area contributed by atoms with Crippen LogP contribution in [0.5, 0.6) is 0 Å². The third kappa shape index (κ3) is 6.55. The molecule has 0 amide bonds. The molecule has 1 heterocycles. The van der Waals surface area contributed by atoms with Crippen LogP contribution >= 0.6 is 0 Å². The van der Waals surface area contributed by atoms with Crippen LogP contribution in [-0.4, -0.2) is 66.4 Å². The molecular formula is C24H40N2O2. The van der Waals surface area contributed by atoms with Gasteiger partial charge in [-0.2, -0.15) is 0 Å². The summed E-state index contributed by atoms with van der Waals surface area (Å²) in [7, 11) is 0. The molecule has 1 saturated carbocycles. The third-order valence-corrected chi connectivity index (χ3v) is 6.65. The van der Waals surface area contributed by atoms with Gasteiger partial charge in [0.05, 0.1) is 18.8 Å². The van der Waals surface area contributed by atoms with E-state index in [0.29, 0.717) is 24.5 Å². The topological polar surface area (TPSA) is 35.9 Å². The van der Waals surface area contributed by atoms with E-state index in [1.165, 1.54) is 18.4 Å². The summed E-state index contributed by atoms with van der Waals surface area (Å²) in [6.45, 7) is 13.4. The van der Waals surface area contributed by atoms with Crippen molar-refractivity contribution in [1.29, 1.82) is 0 Å². The molecule has 0 aromatic heterocycles.